The summed E-state index contributed by atoms with van der Waals surface area (Å²) in [5.74, 6) is 0.117. The van der Waals surface area contributed by atoms with E-state index in [1.165, 1.54) is 0 Å². The summed E-state index contributed by atoms with van der Waals surface area (Å²) in [5.41, 5.74) is 8.14. The van der Waals surface area contributed by atoms with E-state index >= 15 is 0 Å². The summed E-state index contributed by atoms with van der Waals surface area (Å²) in [6.07, 6.45) is 0.542. The van der Waals surface area contributed by atoms with Crippen LogP contribution in [0.25, 0.3) is 0 Å². The second-order valence-electron chi connectivity index (χ2n) is 4.76. The number of nitrogen functional groups attached to an aromatic ring is 1. The number of carbonyl (C=O) groups excluding carboxylic acids is 1. The Morgan fingerprint density at radius 1 is 1.56 bits per heavy atom. The van der Waals surface area contributed by atoms with E-state index in [0.29, 0.717) is 18.0 Å². The van der Waals surface area contributed by atoms with E-state index in [0.717, 1.165) is 16.5 Å². The van der Waals surface area contributed by atoms with E-state index < -0.39 is 0 Å². The standard InChI is InChI=1S/C13H17BrN2O2/c1-7-5-9(14)11(10(15)6-7)16-13(17)12-8(2)3-4-18-12/h5-6,8,12H,3-4,15H2,1-2H3,(H,16,17). The highest BCUT2D eigenvalue weighted by molar-refractivity contribution is 9.10. The van der Waals surface area contributed by atoms with Crippen LogP contribution in [0.4, 0.5) is 11.4 Å². The number of aryl methyl sites for hydroxylation is 1. The number of benzene rings is 1. The lowest BCUT2D eigenvalue weighted by atomic mass is 10.0. The van der Waals surface area contributed by atoms with Crippen LogP contribution in [0, 0.1) is 12.8 Å². The molecule has 0 bridgehead atoms. The van der Waals surface area contributed by atoms with Crippen molar-refractivity contribution in [2.24, 2.45) is 5.92 Å². The van der Waals surface area contributed by atoms with Crippen LogP contribution < -0.4 is 11.1 Å². The molecule has 98 valence electrons. The number of carbonyl (C=O) groups is 1. The van der Waals surface area contributed by atoms with Crippen LogP contribution in [0.1, 0.15) is 18.9 Å². The predicted octanol–water partition coefficient (Wildman–Crippen LogP) is 2.70. The van der Waals surface area contributed by atoms with Crippen molar-refractivity contribution in [1.82, 2.24) is 0 Å². The number of hydrogen-bond acceptors (Lipinski definition) is 3. The Bertz CT molecular complexity index is 453. The third-order valence-corrected chi connectivity index (χ3v) is 3.78. The first-order valence-electron chi connectivity index (χ1n) is 5.97. The van der Waals surface area contributed by atoms with E-state index in [1.807, 2.05) is 26.0 Å². The zero-order valence-corrected chi connectivity index (χ0v) is 12.1. The molecule has 0 aromatic heterocycles. The van der Waals surface area contributed by atoms with Gasteiger partial charge in [0.25, 0.3) is 5.91 Å². The van der Waals surface area contributed by atoms with Crippen molar-refractivity contribution < 1.29 is 9.53 Å². The molecule has 1 amide bonds. The Labute approximate surface area is 115 Å². The summed E-state index contributed by atoms with van der Waals surface area (Å²) in [4.78, 5) is 12.1. The fraction of sp³-hybridized carbons (Fsp3) is 0.462. The predicted molar refractivity (Wildman–Crippen MR) is 75.4 cm³/mol. The first-order chi connectivity index (χ1) is 8.49. The van der Waals surface area contributed by atoms with Crippen molar-refractivity contribution >= 4 is 33.2 Å². The molecule has 4 nitrogen and oxygen atoms in total. The van der Waals surface area contributed by atoms with E-state index in [2.05, 4.69) is 21.2 Å². The van der Waals surface area contributed by atoms with Crippen LogP contribution >= 0.6 is 15.9 Å². The normalized spacial score (nSPS) is 23.1. The van der Waals surface area contributed by atoms with Crippen molar-refractivity contribution in [1.29, 1.82) is 0 Å². The highest BCUT2D eigenvalue weighted by atomic mass is 79.9. The summed E-state index contributed by atoms with van der Waals surface area (Å²) >= 11 is 3.41. The molecule has 1 heterocycles. The van der Waals surface area contributed by atoms with Gasteiger partial charge in [-0.15, -0.1) is 0 Å². The van der Waals surface area contributed by atoms with Crippen molar-refractivity contribution in [3.63, 3.8) is 0 Å². The Morgan fingerprint density at radius 2 is 2.28 bits per heavy atom. The van der Waals surface area contributed by atoms with Gasteiger partial charge in [-0.1, -0.05) is 6.92 Å². The topological polar surface area (TPSA) is 64.3 Å². The molecule has 2 rings (SSSR count). The minimum atomic E-state index is -0.377. The molecule has 3 N–H and O–H groups in total. The summed E-state index contributed by atoms with van der Waals surface area (Å²) in [5, 5.41) is 2.84. The monoisotopic (exact) mass is 312 g/mol. The van der Waals surface area contributed by atoms with Gasteiger partial charge >= 0.3 is 0 Å². The Balaban J connectivity index is 2.17. The van der Waals surface area contributed by atoms with Gasteiger partial charge in [0.2, 0.25) is 0 Å². The molecule has 0 saturated carbocycles. The van der Waals surface area contributed by atoms with Crippen molar-refractivity contribution in [2.45, 2.75) is 26.4 Å². The molecule has 1 aliphatic heterocycles. The second kappa shape index (κ2) is 5.28. The Morgan fingerprint density at radius 3 is 2.83 bits per heavy atom. The zero-order chi connectivity index (χ0) is 13.3. The third-order valence-electron chi connectivity index (χ3n) is 3.16. The molecule has 0 spiro atoms. The Kier molecular flexibility index (Phi) is 3.92. The molecule has 5 heteroatoms. The van der Waals surface area contributed by atoms with Crippen molar-refractivity contribution in [3.05, 3.63) is 22.2 Å². The van der Waals surface area contributed by atoms with Gasteiger partial charge in [-0.3, -0.25) is 4.79 Å². The minimum Gasteiger partial charge on any atom is -0.397 e. The molecule has 1 aliphatic rings. The van der Waals surface area contributed by atoms with Gasteiger partial charge in [-0.05, 0) is 52.9 Å². The molecule has 18 heavy (non-hydrogen) atoms. The molecular weight excluding hydrogens is 296 g/mol. The van der Waals surface area contributed by atoms with Gasteiger partial charge in [-0.25, -0.2) is 0 Å². The maximum Gasteiger partial charge on any atom is 0.253 e. The first kappa shape index (κ1) is 13.4. The lowest BCUT2D eigenvalue weighted by Crippen LogP contribution is -2.31. The highest BCUT2D eigenvalue weighted by Crippen LogP contribution is 2.31. The number of anilines is 2. The molecule has 2 unspecified atom stereocenters. The van der Waals surface area contributed by atoms with E-state index in [9.17, 15) is 4.79 Å². The van der Waals surface area contributed by atoms with Crippen LogP contribution in [-0.4, -0.2) is 18.6 Å². The molecular formula is C13H17BrN2O2. The lowest BCUT2D eigenvalue weighted by Gasteiger charge is -2.17. The zero-order valence-electron chi connectivity index (χ0n) is 10.5. The smallest absolute Gasteiger partial charge is 0.253 e. The van der Waals surface area contributed by atoms with Gasteiger partial charge in [0.05, 0.1) is 11.4 Å². The number of ether oxygens (including phenoxy) is 1. The summed E-state index contributed by atoms with van der Waals surface area (Å²) in [6, 6.07) is 3.75. The van der Waals surface area contributed by atoms with Crippen LogP contribution in [0.3, 0.4) is 0 Å². The van der Waals surface area contributed by atoms with E-state index in [4.69, 9.17) is 10.5 Å². The van der Waals surface area contributed by atoms with Gasteiger partial charge in [-0.2, -0.15) is 0 Å². The van der Waals surface area contributed by atoms with Crippen LogP contribution in [0.15, 0.2) is 16.6 Å². The third kappa shape index (κ3) is 2.67. The SMILES string of the molecule is Cc1cc(N)c(NC(=O)C2OCCC2C)c(Br)c1. The van der Waals surface area contributed by atoms with Gasteiger partial charge in [0.1, 0.15) is 6.10 Å². The maximum atomic E-state index is 12.1. The van der Waals surface area contributed by atoms with Gasteiger partial charge < -0.3 is 15.8 Å². The summed E-state index contributed by atoms with van der Waals surface area (Å²) in [6.45, 7) is 4.61. The molecule has 2 atom stereocenters. The molecule has 1 aromatic carbocycles. The van der Waals surface area contributed by atoms with E-state index in [-0.39, 0.29) is 17.9 Å². The summed E-state index contributed by atoms with van der Waals surface area (Å²) < 4.78 is 6.23. The van der Waals surface area contributed by atoms with Crippen LogP contribution in [-0.2, 0) is 9.53 Å². The minimum absolute atomic E-state index is 0.128. The molecule has 1 fully saturated rings. The summed E-state index contributed by atoms with van der Waals surface area (Å²) in [7, 11) is 0. The lowest BCUT2D eigenvalue weighted by molar-refractivity contribution is -0.126. The van der Waals surface area contributed by atoms with Crippen molar-refractivity contribution in [2.75, 3.05) is 17.7 Å². The molecule has 0 radical (unpaired) electrons. The molecule has 1 saturated heterocycles. The molecule has 0 aliphatic carbocycles. The largest absolute Gasteiger partial charge is 0.397 e. The Hall–Kier alpha value is -1.07. The quantitative estimate of drug-likeness (QED) is 0.825. The second-order valence-corrected chi connectivity index (χ2v) is 5.61. The number of rotatable bonds is 2. The van der Waals surface area contributed by atoms with Crippen LogP contribution in [0.2, 0.25) is 0 Å². The van der Waals surface area contributed by atoms with E-state index in [1.54, 1.807) is 0 Å². The molecule has 1 aromatic rings. The number of hydrogen-bond donors (Lipinski definition) is 2. The first-order valence-corrected chi connectivity index (χ1v) is 6.76. The van der Waals surface area contributed by atoms with Gasteiger partial charge in [0.15, 0.2) is 0 Å². The van der Waals surface area contributed by atoms with Crippen molar-refractivity contribution in [3.8, 4) is 0 Å². The number of nitrogens with one attached hydrogen (secondary N) is 1. The fourth-order valence-corrected chi connectivity index (χ4v) is 2.82. The highest BCUT2D eigenvalue weighted by Gasteiger charge is 2.31. The van der Waals surface area contributed by atoms with Gasteiger partial charge in [0, 0.05) is 11.1 Å². The number of nitrogens with two attached hydrogens (primary N) is 1. The maximum absolute atomic E-state index is 12.1. The van der Waals surface area contributed by atoms with Crippen LogP contribution in [0.5, 0.6) is 0 Å². The number of halogens is 1. The average molecular weight is 313 g/mol. The fourth-order valence-electron chi connectivity index (χ4n) is 2.13. The number of amides is 1. The average Bonchev–Trinajstić information content (AvgIpc) is 2.69.